The van der Waals surface area contributed by atoms with E-state index in [9.17, 15) is 4.79 Å². The number of ether oxygens (including phenoxy) is 1. The molecule has 1 amide bonds. The Morgan fingerprint density at radius 1 is 1.22 bits per heavy atom. The first kappa shape index (κ1) is 17.5. The molecule has 3 heterocycles. The number of aryl methyl sites for hydroxylation is 1. The Hall–Kier alpha value is -2.86. The molecule has 1 aliphatic heterocycles. The van der Waals surface area contributed by atoms with Crippen molar-refractivity contribution in [2.24, 2.45) is 0 Å². The van der Waals surface area contributed by atoms with Crippen LogP contribution < -0.4 is 10.1 Å². The Morgan fingerprint density at radius 2 is 2.04 bits per heavy atom. The second kappa shape index (κ2) is 7.40. The molecule has 1 N–H and O–H groups in total. The summed E-state index contributed by atoms with van der Waals surface area (Å²) < 4.78 is 7.85. The van der Waals surface area contributed by atoms with Crippen molar-refractivity contribution in [1.82, 2.24) is 19.6 Å². The summed E-state index contributed by atoms with van der Waals surface area (Å²) in [5.41, 5.74) is 3.66. The molecule has 1 saturated heterocycles. The summed E-state index contributed by atoms with van der Waals surface area (Å²) in [6.07, 6.45) is 4.02. The summed E-state index contributed by atoms with van der Waals surface area (Å²) in [5.74, 6) is 0.805. The van der Waals surface area contributed by atoms with E-state index in [2.05, 4.69) is 24.1 Å². The first-order valence-electron chi connectivity index (χ1n) is 9.29. The third-order valence-electron chi connectivity index (χ3n) is 4.90. The molecule has 27 heavy (non-hydrogen) atoms. The van der Waals surface area contributed by atoms with E-state index in [0.29, 0.717) is 12.2 Å². The van der Waals surface area contributed by atoms with Gasteiger partial charge in [0.2, 0.25) is 0 Å². The van der Waals surface area contributed by atoms with Crippen LogP contribution in [0.3, 0.4) is 0 Å². The van der Waals surface area contributed by atoms with Gasteiger partial charge in [-0.1, -0.05) is 6.07 Å². The topological polar surface area (TPSA) is 58.9 Å². The number of imidazole rings is 1. The third-order valence-corrected chi connectivity index (χ3v) is 4.90. The minimum atomic E-state index is 0.0753. The van der Waals surface area contributed by atoms with Crippen molar-refractivity contribution in [3.63, 3.8) is 0 Å². The fourth-order valence-corrected chi connectivity index (χ4v) is 3.38. The van der Waals surface area contributed by atoms with Crippen LogP contribution in [0.1, 0.15) is 28.5 Å². The predicted molar refractivity (Wildman–Crippen MR) is 104 cm³/mol. The second-order valence-electron chi connectivity index (χ2n) is 7.07. The van der Waals surface area contributed by atoms with Gasteiger partial charge in [0.1, 0.15) is 18.0 Å². The van der Waals surface area contributed by atoms with Gasteiger partial charge in [0.05, 0.1) is 5.69 Å². The molecule has 0 unspecified atom stereocenters. The van der Waals surface area contributed by atoms with Gasteiger partial charge < -0.3 is 19.4 Å². The van der Waals surface area contributed by atoms with Crippen molar-refractivity contribution in [1.29, 1.82) is 0 Å². The monoisotopic (exact) mass is 364 g/mol. The zero-order valence-corrected chi connectivity index (χ0v) is 15.7. The zero-order chi connectivity index (χ0) is 18.8. The highest BCUT2D eigenvalue weighted by Crippen LogP contribution is 2.17. The molecular formula is C21H24N4O2. The van der Waals surface area contributed by atoms with Crippen LogP contribution in [-0.2, 0) is 6.61 Å². The van der Waals surface area contributed by atoms with Gasteiger partial charge in [-0.3, -0.25) is 4.79 Å². The van der Waals surface area contributed by atoms with Crippen molar-refractivity contribution in [3.05, 3.63) is 65.6 Å². The summed E-state index contributed by atoms with van der Waals surface area (Å²) in [6.45, 7) is 6.94. The van der Waals surface area contributed by atoms with Crippen molar-refractivity contribution in [2.45, 2.75) is 26.5 Å². The molecule has 140 valence electrons. The largest absolute Gasteiger partial charge is 0.487 e. The maximum Gasteiger partial charge on any atom is 0.254 e. The number of benzene rings is 1. The maximum absolute atomic E-state index is 12.7. The highest BCUT2D eigenvalue weighted by molar-refractivity contribution is 5.94. The number of hydrogen-bond donors (Lipinski definition) is 1. The molecule has 0 radical (unpaired) electrons. The van der Waals surface area contributed by atoms with E-state index in [1.54, 1.807) is 0 Å². The molecule has 2 aromatic heterocycles. The minimum Gasteiger partial charge on any atom is -0.487 e. The molecule has 0 bridgehead atoms. The Balaban J connectivity index is 1.40. The molecule has 1 aliphatic rings. The Labute approximate surface area is 158 Å². The number of hydrogen-bond acceptors (Lipinski definition) is 4. The van der Waals surface area contributed by atoms with E-state index in [4.69, 9.17) is 4.74 Å². The van der Waals surface area contributed by atoms with Crippen molar-refractivity contribution in [2.75, 3.05) is 19.6 Å². The maximum atomic E-state index is 12.7. The summed E-state index contributed by atoms with van der Waals surface area (Å²) in [4.78, 5) is 19.1. The van der Waals surface area contributed by atoms with E-state index < -0.39 is 0 Å². The summed E-state index contributed by atoms with van der Waals surface area (Å²) in [7, 11) is 0. The SMILES string of the molecule is Cc1ccc2nc(COc3ccc(C(=O)N4CCNC[C@@H]4C)cc3)cn2c1. The quantitative estimate of drug-likeness (QED) is 0.773. The van der Waals surface area contributed by atoms with E-state index >= 15 is 0 Å². The molecule has 3 aromatic rings. The van der Waals surface area contributed by atoms with Crippen LogP contribution in [0.15, 0.2) is 48.8 Å². The number of nitrogens with one attached hydrogen (secondary N) is 1. The number of nitrogens with zero attached hydrogens (tertiary/aromatic N) is 3. The summed E-state index contributed by atoms with van der Waals surface area (Å²) >= 11 is 0. The molecule has 4 rings (SSSR count). The van der Waals surface area contributed by atoms with Gasteiger partial charge in [-0.05, 0) is 49.7 Å². The van der Waals surface area contributed by atoms with Gasteiger partial charge in [-0.15, -0.1) is 0 Å². The lowest BCUT2D eigenvalue weighted by molar-refractivity contribution is 0.0655. The lowest BCUT2D eigenvalue weighted by Gasteiger charge is -2.34. The highest BCUT2D eigenvalue weighted by Gasteiger charge is 2.23. The number of fused-ring (bicyclic) bond motifs is 1. The normalized spacial score (nSPS) is 17.3. The number of carbonyl (C=O) groups excluding carboxylic acids is 1. The van der Waals surface area contributed by atoms with E-state index in [-0.39, 0.29) is 11.9 Å². The minimum absolute atomic E-state index is 0.0753. The van der Waals surface area contributed by atoms with Gasteiger partial charge >= 0.3 is 0 Å². The van der Waals surface area contributed by atoms with Crippen molar-refractivity contribution in [3.8, 4) is 5.75 Å². The molecule has 1 fully saturated rings. The number of amides is 1. The number of rotatable bonds is 4. The van der Waals surface area contributed by atoms with Crippen LogP contribution >= 0.6 is 0 Å². The van der Waals surface area contributed by atoms with Crippen LogP contribution in [0, 0.1) is 6.92 Å². The van der Waals surface area contributed by atoms with Gasteiger partial charge in [0, 0.05) is 43.6 Å². The number of piperazine rings is 1. The Morgan fingerprint density at radius 3 is 2.81 bits per heavy atom. The Kier molecular flexibility index (Phi) is 4.81. The van der Waals surface area contributed by atoms with Crippen molar-refractivity contribution < 1.29 is 9.53 Å². The molecular weight excluding hydrogens is 340 g/mol. The van der Waals surface area contributed by atoms with Crippen LogP contribution in [0.25, 0.3) is 5.65 Å². The summed E-state index contributed by atoms with van der Waals surface area (Å²) in [5, 5.41) is 3.30. The molecule has 0 saturated carbocycles. The molecule has 0 aliphatic carbocycles. The molecule has 6 nitrogen and oxygen atoms in total. The van der Waals surface area contributed by atoms with Crippen molar-refractivity contribution >= 4 is 11.6 Å². The van der Waals surface area contributed by atoms with E-state index in [0.717, 1.165) is 36.7 Å². The second-order valence-corrected chi connectivity index (χ2v) is 7.07. The van der Waals surface area contributed by atoms with Crippen LogP contribution in [0.5, 0.6) is 5.75 Å². The molecule has 0 spiro atoms. The van der Waals surface area contributed by atoms with Gasteiger partial charge in [-0.2, -0.15) is 0 Å². The third kappa shape index (κ3) is 3.80. The van der Waals surface area contributed by atoms with Gasteiger partial charge in [0.15, 0.2) is 0 Å². The van der Waals surface area contributed by atoms with Crippen LogP contribution in [0.2, 0.25) is 0 Å². The first-order valence-corrected chi connectivity index (χ1v) is 9.29. The van der Waals surface area contributed by atoms with Gasteiger partial charge in [0.25, 0.3) is 5.91 Å². The fraction of sp³-hybridized carbons (Fsp3) is 0.333. The lowest BCUT2D eigenvalue weighted by atomic mass is 10.1. The molecule has 1 aromatic carbocycles. The highest BCUT2D eigenvalue weighted by atomic mass is 16.5. The molecule has 1 atom stereocenters. The van der Waals surface area contributed by atoms with Crippen LogP contribution in [-0.4, -0.2) is 45.9 Å². The average molecular weight is 364 g/mol. The van der Waals surface area contributed by atoms with E-state index in [1.165, 1.54) is 5.56 Å². The predicted octanol–water partition coefficient (Wildman–Crippen LogP) is 2.66. The fourth-order valence-electron chi connectivity index (χ4n) is 3.38. The average Bonchev–Trinajstić information content (AvgIpc) is 3.08. The number of aromatic nitrogens is 2. The lowest BCUT2D eigenvalue weighted by Crippen LogP contribution is -2.52. The first-order chi connectivity index (χ1) is 13.1. The Bertz CT molecular complexity index is 948. The zero-order valence-electron chi connectivity index (χ0n) is 15.7. The van der Waals surface area contributed by atoms with E-state index in [1.807, 2.05) is 58.1 Å². The number of carbonyl (C=O) groups is 1. The molecule has 6 heteroatoms. The van der Waals surface area contributed by atoms with Gasteiger partial charge in [-0.25, -0.2) is 4.98 Å². The standard InChI is InChI=1S/C21H24N4O2/c1-15-3-8-20-23-18(13-24(20)12-15)14-27-19-6-4-17(5-7-19)21(26)25-10-9-22-11-16(25)2/h3-8,12-13,16,22H,9-11,14H2,1-2H3/t16-/m0/s1. The van der Waals surface area contributed by atoms with Crippen LogP contribution in [0.4, 0.5) is 0 Å². The smallest absolute Gasteiger partial charge is 0.254 e. The number of pyridine rings is 1. The summed E-state index contributed by atoms with van der Waals surface area (Å²) in [6, 6.07) is 11.6.